The average molecular weight is 283 g/mol. The fourth-order valence-electron chi connectivity index (χ4n) is 2.77. The SMILES string of the molecule is CCCCCCCn1c(CC#N)nc2cc(CC)ccc21. The zero-order chi connectivity index (χ0) is 15.1. The van der Waals surface area contributed by atoms with Gasteiger partial charge in [0.25, 0.3) is 0 Å². The van der Waals surface area contributed by atoms with E-state index in [4.69, 9.17) is 5.26 Å². The highest BCUT2D eigenvalue weighted by Crippen LogP contribution is 2.20. The monoisotopic (exact) mass is 283 g/mol. The second-order valence-corrected chi connectivity index (χ2v) is 5.61. The van der Waals surface area contributed by atoms with Gasteiger partial charge in [0, 0.05) is 6.54 Å². The Balaban J connectivity index is 2.18. The summed E-state index contributed by atoms with van der Waals surface area (Å²) in [6.45, 7) is 5.37. The van der Waals surface area contributed by atoms with E-state index in [-0.39, 0.29) is 0 Å². The number of imidazole rings is 1. The minimum Gasteiger partial charge on any atom is -0.327 e. The van der Waals surface area contributed by atoms with Gasteiger partial charge in [-0.05, 0) is 30.5 Å². The van der Waals surface area contributed by atoms with E-state index in [1.54, 1.807) is 0 Å². The number of hydrogen-bond acceptors (Lipinski definition) is 2. The van der Waals surface area contributed by atoms with Crippen LogP contribution >= 0.6 is 0 Å². The third kappa shape index (κ3) is 3.85. The van der Waals surface area contributed by atoms with E-state index in [9.17, 15) is 0 Å². The Labute approximate surface area is 127 Å². The van der Waals surface area contributed by atoms with Gasteiger partial charge in [0.15, 0.2) is 0 Å². The minimum absolute atomic E-state index is 0.394. The first-order chi connectivity index (χ1) is 10.3. The molecule has 0 aliphatic carbocycles. The molecule has 3 heteroatoms. The molecule has 3 nitrogen and oxygen atoms in total. The predicted molar refractivity (Wildman–Crippen MR) is 87.2 cm³/mol. The van der Waals surface area contributed by atoms with E-state index in [1.807, 2.05) is 0 Å². The van der Waals surface area contributed by atoms with Crippen LogP contribution in [0.3, 0.4) is 0 Å². The van der Waals surface area contributed by atoms with E-state index in [0.717, 1.165) is 24.3 Å². The molecule has 1 aromatic heterocycles. The van der Waals surface area contributed by atoms with Crippen molar-refractivity contribution in [3.63, 3.8) is 0 Å². The van der Waals surface area contributed by atoms with Gasteiger partial charge < -0.3 is 4.57 Å². The summed E-state index contributed by atoms with van der Waals surface area (Å²) in [5.74, 6) is 0.913. The van der Waals surface area contributed by atoms with E-state index in [1.165, 1.54) is 43.2 Å². The predicted octanol–water partition coefficient (Wildman–Crippen LogP) is 4.64. The summed E-state index contributed by atoms with van der Waals surface area (Å²) in [5, 5.41) is 9.01. The molecule has 0 bridgehead atoms. The van der Waals surface area contributed by atoms with Crippen LogP contribution in [0.1, 0.15) is 57.3 Å². The average Bonchev–Trinajstić information content (AvgIpc) is 2.84. The van der Waals surface area contributed by atoms with E-state index in [2.05, 4.69) is 47.7 Å². The van der Waals surface area contributed by atoms with Crippen LogP contribution in [0.5, 0.6) is 0 Å². The maximum atomic E-state index is 9.01. The molecule has 0 aliphatic rings. The minimum atomic E-state index is 0.394. The quantitative estimate of drug-likeness (QED) is 0.662. The van der Waals surface area contributed by atoms with E-state index >= 15 is 0 Å². The topological polar surface area (TPSA) is 41.6 Å². The van der Waals surface area contributed by atoms with Crippen LogP contribution < -0.4 is 0 Å². The first kappa shape index (κ1) is 15.6. The van der Waals surface area contributed by atoms with Crippen molar-refractivity contribution < 1.29 is 0 Å². The van der Waals surface area contributed by atoms with E-state index in [0.29, 0.717) is 6.42 Å². The van der Waals surface area contributed by atoms with Crippen LogP contribution in [0.2, 0.25) is 0 Å². The lowest BCUT2D eigenvalue weighted by Gasteiger charge is -2.07. The number of nitrogens with zero attached hydrogens (tertiary/aromatic N) is 3. The number of hydrogen-bond donors (Lipinski definition) is 0. The number of rotatable bonds is 8. The van der Waals surface area contributed by atoms with Crippen molar-refractivity contribution in [1.82, 2.24) is 9.55 Å². The van der Waals surface area contributed by atoms with Gasteiger partial charge in [-0.1, -0.05) is 45.6 Å². The third-order valence-corrected chi connectivity index (χ3v) is 4.02. The Morgan fingerprint density at radius 2 is 1.95 bits per heavy atom. The Hall–Kier alpha value is -1.82. The largest absolute Gasteiger partial charge is 0.327 e. The standard InChI is InChI=1S/C18H25N3/c1-3-5-6-7-8-13-21-17-10-9-15(4-2)14-16(17)20-18(21)11-12-19/h9-10,14H,3-8,11,13H2,1-2H3. The molecule has 0 saturated heterocycles. The van der Waals surface area contributed by atoms with Crippen LogP contribution in [0.4, 0.5) is 0 Å². The molecule has 0 saturated carbocycles. The van der Waals surface area contributed by atoms with Crippen molar-refractivity contribution in [3.8, 4) is 6.07 Å². The summed E-state index contributed by atoms with van der Waals surface area (Å²) in [6.07, 6.45) is 7.73. The van der Waals surface area contributed by atoms with Gasteiger partial charge in [-0.25, -0.2) is 4.98 Å². The lowest BCUT2D eigenvalue weighted by Crippen LogP contribution is -2.03. The summed E-state index contributed by atoms with van der Waals surface area (Å²) in [7, 11) is 0. The normalized spacial score (nSPS) is 10.9. The van der Waals surface area contributed by atoms with Crippen LogP contribution in [0, 0.1) is 11.3 Å². The first-order valence-electron chi connectivity index (χ1n) is 8.15. The molecule has 0 aliphatic heterocycles. The summed E-state index contributed by atoms with van der Waals surface area (Å²) in [5.41, 5.74) is 3.51. The lowest BCUT2D eigenvalue weighted by atomic mass is 10.1. The van der Waals surface area contributed by atoms with Crippen LogP contribution in [-0.2, 0) is 19.4 Å². The highest BCUT2D eigenvalue weighted by Gasteiger charge is 2.10. The van der Waals surface area contributed by atoms with Gasteiger partial charge in [0.2, 0.25) is 0 Å². The molecule has 2 rings (SSSR count). The second kappa shape index (κ2) is 7.83. The molecule has 0 radical (unpaired) electrons. The van der Waals surface area contributed by atoms with Gasteiger partial charge in [-0.2, -0.15) is 5.26 Å². The van der Waals surface area contributed by atoms with Gasteiger partial charge in [0.1, 0.15) is 5.82 Å². The highest BCUT2D eigenvalue weighted by atomic mass is 15.1. The molecule has 21 heavy (non-hydrogen) atoms. The molecule has 1 aromatic carbocycles. The van der Waals surface area contributed by atoms with Crippen molar-refractivity contribution in [2.75, 3.05) is 0 Å². The van der Waals surface area contributed by atoms with Gasteiger partial charge in [-0.15, -0.1) is 0 Å². The highest BCUT2D eigenvalue weighted by molar-refractivity contribution is 5.77. The zero-order valence-corrected chi connectivity index (χ0v) is 13.2. The molecule has 0 spiro atoms. The Bertz CT molecular complexity index is 619. The summed E-state index contributed by atoms with van der Waals surface area (Å²) in [6, 6.07) is 8.73. The molecule has 0 N–H and O–H groups in total. The van der Waals surface area contributed by atoms with Crippen LogP contribution in [0.25, 0.3) is 11.0 Å². The van der Waals surface area contributed by atoms with Gasteiger partial charge in [-0.3, -0.25) is 0 Å². The number of fused-ring (bicyclic) bond motifs is 1. The molecule has 2 aromatic rings. The number of nitriles is 1. The third-order valence-electron chi connectivity index (χ3n) is 4.02. The molecule has 1 heterocycles. The fourth-order valence-corrected chi connectivity index (χ4v) is 2.77. The summed E-state index contributed by atoms with van der Waals surface area (Å²) in [4.78, 5) is 4.67. The van der Waals surface area contributed by atoms with Gasteiger partial charge >= 0.3 is 0 Å². The maximum absolute atomic E-state index is 9.01. The maximum Gasteiger partial charge on any atom is 0.124 e. The lowest BCUT2D eigenvalue weighted by molar-refractivity contribution is 0.566. The molecule has 0 fully saturated rings. The van der Waals surface area contributed by atoms with Crippen molar-refractivity contribution in [1.29, 1.82) is 5.26 Å². The number of unbranched alkanes of at least 4 members (excludes halogenated alkanes) is 4. The van der Waals surface area contributed by atoms with Gasteiger partial charge in [0.05, 0.1) is 23.5 Å². The van der Waals surface area contributed by atoms with Crippen LogP contribution in [0.15, 0.2) is 18.2 Å². The number of benzene rings is 1. The van der Waals surface area contributed by atoms with Crippen molar-refractivity contribution >= 4 is 11.0 Å². The Morgan fingerprint density at radius 1 is 1.14 bits per heavy atom. The fraction of sp³-hybridized carbons (Fsp3) is 0.556. The molecular weight excluding hydrogens is 258 g/mol. The molecule has 0 amide bonds. The number of aryl methyl sites for hydroxylation is 2. The number of aromatic nitrogens is 2. The molecular formula is C18H25N3. The van der Waals surface area contributed by atoms with Crippen molar-refractivity contribution in [2.45, 2.75) is 65.3 Å². The van der Waals surface area contributed by atoms with Crippen molar-refractivity contribution in [2.24, 2.45) is 0 Å². The molecule has 0 atom stereocenters. The smallest absolute Gasteiger partial charge is 0.124 e. The second-order valence-electron chi connectivity index (χ2n) is 5.61. The first-order valence-corrected chi connectivity index (χ1v) is 8.15. The zero-order valence-electron chi connectivity index (χ0n) is 13.2. The summed E-state index contributed by atoms with van der Waals surface area (Å²) >= 11 is 0. The Morgan fingerprint density at radius 3 is 2.67 bits per heavy atom. The van der Waals surface area contributed by atoms with E-state index < -0.39 is 0 Å². The molecule has 112 valence electrons. The summed E-state index contributed by atoms with van der Waals surface area (Å²) < 4.78 is 2.24. The Kier molecular flexibility index (Phi) is 5.80. The van der Waals surface area contributed by atoms with Crippen molar-refractivity contribution in [3.05, 3.63) is 29.6 Å². The van der Waals surface area contributed by atoms with Crippen LogP contribution in [-0.4, -0.2) is 9.55 Å². The molecule has 0 unspecified atom stereocenters.